The van der Waals surface area contributed by atoms with Crippen LogP contribution in [0.1, 0.15) is 27.7 Å². The van der Waals surface area contributed by atoms with Crippen LogP contribution in [0.3, 0.4) is 0 Å². The lowest BCUT2D eigenvalue weighted by Crippen LogP contribution is -2.28. The monoisotopic (exact) mass is 339 g/mol. The lowest BCUT2D eigenvalue weighted by Gasteiger charge is -2.18. The third-order valence-corrected chi connectivity index (χ3v) is 4.58. The summed E-state index contributed by atoms with van der Waals surface area (Å²) >= 11 is 4.74. The third-order valence-electron chi connectivity index (χ3n) is 2.75. The van der Waals surface area contributed by atoms with E-state index in [0.717, 1.165) is 10.0 Å². The zero-order valence-corrected chi connectivity index (χ0v) is 12.6. The molecule has 1 aromatic carbocycles. The first-order valence-corrected chi connectivity index (χ1v) is 7.59. The number of thiophene rings is 1. The van der Waals surface area contributed by atoms with Gasteiger partial charge in [0.05, 0.1) is 6.04 Å². The summed E-state index contributed by atoms with van der Waals surface area (Å²) in [6, 6.07) is 11.3. The summed E-state index contributed by atoms with van der Waals surface area (Å²) in [5.41, 5.74) is 0.998. The van der Waals surface area contributed by atoms with Crippen molar-refractivity contribution >= 4 is 33.2 Å². The van der Waals surface area contributed by atoms with E-state index in [1.807, 2.05) is 41.8 Å². The van der Waals surface area contributed by atoms with Crippen LogP contribution >= 0.6 is 27.3 Å². The highest BCUT2D eigenvalue weighted by atomic mass is 79.9. The van der Waals surface area contributed by atoms with Crippen molar-refractivity contribution in [3.8, 4) is 0 Å². The quantitative estimate of drug-likeness (QED) is 0.877. The van der Waals surface area contributed by atoms with Crippen LogP contribution in [-0.4, -0.2) is 17.6 Å². The SMILES string of the molecule is O=C(NC(CCO)c1ccccc1)c1sccc1Br. The van der Waals surface area contributed by atoms with Crippen molar-refractivity contribution in [2.45, 2.75) is 12.5 Å². The van der Waals surface area contributed by atoms with E-state index in [1.165, 1.54) is 11.3 Å². The summed E-state index contributed by atoms with van der Waals surface area (Å²) in [5, 5.41) is 14.0. The summed E-state index contributed by atoms with van der Waals surface area (Å²) in [6.45, 7) is 0.0332. The summed E-state index contributed by atoms with van der Waals surface area (Å²) in [6.07, 6.45) is 0.499. The van der Waals surface area contributed by atoms with E-state index >= 15 is 0 Å². The van der Waals surface area contributed by atoms with Gasteiger partial charge in [0.2, 0.25) is 0 Å². The number of rotatable bonds is 5. The molecule has 100 valence electrons. The Morgan fingerprint density at radius 1 is 1.32 bits per heavy atom. The zero-order valence-electron chi connectivity index (χ0n) is 10.2. The minimum atomic E-state index is -0.173. The first kappa shape index (κ1) is 14.2. The lowest BCUT2D eigenvalue weighted by molar-refractivity contribution is 0.0933. The number of carbonyl (C=O) groups excluding carboxylic acids is 1. The van der Waals surface area contributed by atoms with Crippen LogP contribution in [0.15, 0.2) is 46.3 Å². The van der Waals surface area contributed by atoms with Gasteiger partial charge in [-0.3, -0.25) is 4.79 Å². The molecule has 0 fully saturated rings. The number of aliphatic hydroxyl groups is 1. The van der Waals surface area contributed by atoms with Crippen molar-refractivity contribution in [2.24, 2.45) is 0 Å². The van der Waals surface area contributed by atoms with E-state index in [1.54, 1.807) is 0 Å². The minimum absolute atomic E-state index is 0.0332. The van der Waals surface area contributed by atoms with Gasteiger partial charge in [-0.2, -0.15) is 0 Å². The summed E-state index contributed by atoms with van der Waals surface area (Å²) in [5.74, 6) is -0.121. The predicted octanol–water partition coefficient (Wildman–Crippen LogP) is 3.36. The number of hydrogen-bond acceptors (Lipinski definition) is 3. The Morgan fingerprint density at radius 3 is 2.63 bits per heavy atom. The molecule has 2 N–H and O–H groups in total. The topological polar surface area (TPSA) is 49.3 Å². The molecular weight excluding hydrogens is 326 g/mol. The molecule has 0 aliphatic carbocycles. The number of carbonyl (C=O) groups is 1. The van der Waals surface area contributed by atoms with Crippen LogP contribution in [-0.2, 0) is 0 Å². The van der Waals surface area contributed by atoms with E-state index in [9.17, 15) is 4.79 Å². The average molecular weight is 340 g/mol. The third kappa shape index (κ3) is 3.65. The van der Waals surface area contributed by atoms with E-state index in [4.69, 9.17) is 5.11 Å². The summed E-state index contributed by atoms with van der Waals surface area (Å²) in [4.78, 5) is 12.8. The highest BCUT2D eigenvalue weighted by molar-refractivity contribution is 9.10. The summed E-state index contributed by atoms with van der Waals surface area (Å²) in [7, 11) is 0. The highest BCUT2D eigenvalue weighted by Gasteiger charge is 2.17. The molecule has 1 unspecified atom stereocenters. The van der Waals surface area contributed by atoms with Gasteiger partial charge in [0.25, 0.3) is 5.91 Å². The standard InChI is InChI=1S/C14H14BrNO2S/c15-11-7-9-19-13(11)14(18)16-12(6-8-17)10-4-2-1-3-5-10/h1-5,7,9,12,17H,6,8H2,(H,16,18). The molecule has 5 heteroatoms. The molecule has 0 saturated heterocycles. The van der Waals surface area contributed by atoms with Gasteiger partial charge in [0.15, 0.2) is 0 Å². The van der Waals surface area contributed by atoms with Crippen molar-refractivity contribution in [1.82, 2.24) is 5.32 Å². The number of amides is 1. The Hall–Kier alpha value is -1.17. The number of benzene rings is 1. The number of aliphatic hydroxyl groups excluding tert-OH is 1. The molecule has 0 spiro atoms. The Bertz CT molecular complexity index is 541. The average Bonchev–Trinajstić information content (AvgIpc) is 2.85. The molecule has 2 rings (SSSR count). The van der Waals surface area contributed by atoms with Crippen molar-refractivity contribution in [2.75, 3.05) is 6.61 Å². The molecule has 0 aliphatic heterocycles. The minimum Gasteiger partial charge on any atom is -0.396 e. The van der Waals surface area contributed by atoms with E-state index in [0.29, 0.717) is 11.3 Å². The normalized spacial score (nSPS) is 12.1. The second-order valence-corrected chi connectivity index (χ2v) is 5.82. The van der Waals surface area contributed by atoms with Gasteiger partial charge >= 0.3 is 0 Å². The fourth-order valence-electron chi connectivity index (χ4n) is 1.82. The predicted molar refractivity (Wildman–Crippen MR) is 80.4 cm³/mol. The summed E-state index contributed by atoms with van der Waals surface area (Å²) < 4.78 is 0.797. The molecule has 1 amide bonds. The zero-order chi connectivity index (χ0) is 13.7. The lowest BCUT2D eigenvalue weighted by atomic mass is 10.0. The second kappa shape index (κ2) is 6.84. The molecule has 0 aliphatic rings. The van der Waals surface area contributed by atoms with Crippen LogP contribution in [0.25, 0.3) is 0 Å². The van der Waals surface area contributed by atoms with Gasteiger partial charge in [0, 0.05) is 11.1 Å². The van der Waals surface area contributed by atoms with Crippen molar-refractivity contribution in [3.05, 3.63) is 56.7 Å². The molecule has 19 heavy (non-hydrogen) atoms. The van der Waals surface area contributed by atoms with Gasteiger partial charge in [-0.05, 0) is 39.4 Å². The van der Waals surface area contributed by atoms with Crippen LogP contribution in [0.2, 0.25) is 0 Å². The van der Waals surface area contributed by atoms with E-state index < -0.39 is 0 Å². The van der Waals surface area contributed by atoms with Crippen LogP contribution in [0, 0.1) is 0 Å². The van der Waals surface area contributed by atoms with Crippen LogP contribution in [0.5, 0.6) is 0 Å². The van der Waals surface area contributed by atoms with Gasteiger partial charge in [0.1, 0.15) is 4.88 Å². The first-order valence-electron chi connectivity index (χ1n) is 5.92. The van der Waals surface area contributed by atoms with Crippen LogP contribution in [0.4, 0.5) is 0 Å². The molecule has 2 aromatic rings. The maximum atomic E-state index is 12.2. The van der Waals surface area contributed by atoms with E-state index in [-0.39, 0.29) is 18.6 Å². The fraction of sp³-hybridized carbons (Fsp3) is 0.214. The maximum absolute atomic E-state index is 12.2. The number of nitrogens with one attached hydrogen (secondary N) is 1. The fourth-order valence-corrected chi connectivity index (χ4v) is 3.27. The largest absolute Gasteiger partial charge is 0.396 e. The maximum Gasteiger partial charge on any atom is 0.262 e. The Kier molecular flexibility index (Phi) is 5.13. The number of halogens is 1. The Labute approximate surface area is 124 Å². The van der Waals surface area contributed by atoms with Gasteiger partial charge in [-0.1, -0.05) is 30.3 Å². The molecular formula is C14H14BrNO2S. The molecule has 1 aromatic heterocycles. The van der Waals surface area contributed by atoms with Crippen LogP contribution < -0.4 is 5.32 Å². The molecule has 0 saturated carbocycles. The van der Waals surface area contributed by atoms with Gasteiger partial charge in [-0.25, -0.2) is 0 Å². The molecule has 0 radical (unpaired) electrons. The van der Waals surface area contributed by atoms with Crippen molar-refractivity contribution < 1.29 is 9.90 Å². The molecule has 3 nitrogen and oxygen atoms in total. The van der Waals surface area contributed by atoms with E-state index in [2.05, 4.69) is 21.2 Å². The Balaban J connectivity index is 2.14. The molecule has 0 bridgehead atoms. The smallest absolute Gasteiger partial charge is 0.262 e. The first-order chi connectivity index (χ1) is 9.22. The van der Waals surface area contributed by atoms with Crippen molar-refractivity contribution in [3.63, 3.8) is 0 Å². The number of hydrogen-bond donors (Lipinski definition) is 2. The molecule has 1 atom stereocenters. The molecule has 1 heterocycles. The van der Waals surface area contributed by atoms with Crippen molar-refractivity contribution in [1.29, 1.82) is 0 Å². The second-order valence-electron chi connectivity index (χ2n) is 4.05. The van der Waals surface area contributed by atoms with Gasteiger partial charge < -0.3 is 10.4 Å². The highest BCUT2D eigenvalue weighted by Crippen LogP contribution is 2.24. The Morgan fingerprint density at radius 2 is 2.05 bits per heavy atom. The van der Waals surface area contributed by atoms with Gasteiger partial charge in [-0.15, -0.1) is 11.3 Å².